The standard InChI is InChI=1S/C9H8F2N2/c1-5-7(8(10)11)6-3-2-4-12-9(6)13-5/h2-4,8H,1H3,(H,12,13). The predicted octanol–water partition coefficient (Wildman–Crippen LogP) is 2.81. The minimum absolute atomic E-state index is 0.0584. The van der Waals surface area contributed by atoms with Gasteiger partial charge in [-0.2, -0.15) is 0 Å². The lowest BCUT2D eigenvalue weighted by Crippen LogP contribution is -1.84. The van der Waals surface area contributed by atoms with Crippen molar-refractivity contribution in [2.24, 2.45) is 0 Å². The number of hydrogen-bond donors (Lipinski definition) is 1. The molecule has 0 aliphatic rings. The van der Waals surface area contributed by atoms with E-state index in [2.05, 4.69) is 9.97 Å². The highest BCUT2D eigenvalue weighted by atomic mass is 19.3. The molecule has 0 saturated carbocycles. The quantitative estimate of drug-likeness (QED) is 0.721. The van der Waals surface area contributed by atoms with Gasteiger partial charge in [-0.1, -0.05) is 0 Å². The second kappa shape index (κ2) is 2.80. The summed E-state index contributed by atoms with van der Waals surface area (Å²) >= 11 is 0. The van der Waals surface area contributed by atoms with Gasteiger partial charge in [0.1, 0.15) is 5.65 Å². The van der Waals surface area contributed by atoms with Gasteiger partial charge >= 0.3 is 0 Å². The van der Waals surface area contributed by atoms with E-state index in [0.29, 0.717) is 16.7 Å². The highest BCUT2D eigenvalue weighted by Gasteiger charge is 2.16. The Bertz CT molecular complexity index is 434. The third-order valence-corrected chi connectivity index (χ3v) is 2.03. The summed E-state index contributed by atoms with van der Waals surface area (Å²) in [5.74, 6) is 0. The van der Waals surface area contributed by atoms with Gasteiger partial charge in [0.25, 0.3) is 6.43 Å². The first-order valence-corrected chi connectivity index (χ1v) is 3.91. The van der Waals surface area contributed by atoms with Crippen LogP contribution in [0.3, 0.4) is 0 Å². The lowest BCUT2D eigenvalue weighted by Gasteiger charge is -1.96. The number of aromatic nitrogens is 2. The van der Waals surface area contributed by atoms with Gasteiger partial charge in [0.2, 0.25) is 0 Å². The molecule has 1 N–H and O–H groups in total. The van der Waals surface area contributed by atoms with Crippen molar-refractivity contribution in [1.82, 2.24) is 9.97 Å². The number of H-pyrrole nitrogens is 1. The summed E-state index contributed by atoms with van der Waals surface area (Å²) in [6, 6.07) is 3.30. The fourth-order valence-corrected chi connectivity index (χ4v) is 1.45. The van der Waals surface area contributed by atoms with E-state index < -0.39 is 6.43 Å². The zero-order valence-electron chi connectivity index (χ0n) is 7.01. The van der Waals surface area contributed by atoms with Gasteiger partial charge in [-0.05, 0) is 19.1 Å². The SMILES string of the molecule is Cc1[nH]c2ncccc2c1C(F)F. The van der Waals surface area contributed by atoms with Crippen molar-refractivity contribution in [3.63, 3.8) is 0 Å². The Morgan fingerprint density at radius 1 is 1.46 bits per heavy atom. The molecular weight excluding hydrogens is 174 g/mol. The van der Waals surface area contributed by atoms with Crippen molar-refractivity contribution < 1.29 is 8.78 Å². The molecule has 0 radical (unpaired) electrons. The first-order valence-electron chi connectivity index (χ1n) is 3.91. The molecule has 0 fully saturated rings. The molecule has 2 rings (SSSR count). The van der Waals surface area contributed by atoms with Crippen LogP contribution in [0.15, 0.2) is 18.3 Å². The van der Waals surface area contributed by atoms with Gasteiger partial charge < -0.3 is 4.98 Å². The van der Waals surface area contributed by atoms with Gasteiger partial charge in [0.15, 0.2) is 0 Å². The maximum Gasteiger partial charge on any atom is 0.266 e. The maximum absolute atomic E-state index is 12.5. The molecule has 0 atom stereocenters. The van der Waals surface area contributed by atoms with Crippen LogP contribution in [0.1, 0.15) is 17.7 Å². The van der Waals surface area contributed by atoms with Gasteiger partial charge in [-0.25, -0.2) is 13.8 Å². The molecule has 68 valence electrons. The molecule has 0 amide bonds. The van der Waals surface area contributed by atoms with E-state index in [-0.39, 0.29) is 5.56 Å². The molecule has 0 bridgehead atoms. The summed E-state index contributed by atoms with van der Waals surface area (Å²) in [6.07, 6.45) is -0.869. The van der Waals surface area contributed by atoms with E-state index >= 15 is 0 Å². The number of fused-ring (bicyclic) bond motifs is 1. The molecule has 0 spiro atoms. The third kappa shape index (κ3) is 1.18. The fourth-order valence-electron chi connectivity index (χ4n) is 1.45. The van der Waals surface area contributed by atoms with Crippen LogP contribution < -0.4 is 0 Å². The Kier molecular flexibility index (Phi) is 1.76. The summed E-state index contributed by atoms with van der Waals surface area (Å²) in [4.78, 5) is 6.77. The van der Waals surface area contributed by atoms with E-state index in [0.717, 1.165) is 0 Å². The number of pyridine rings is 1. The predicted molar refractivity (Wildman–Crippen MR) is 45.8 cm³/mol. The van der Waals surface area contributed by atoms with E-state index in [9.17, 15) is 8.78 Å². The number of hydrogen-bond acceptors (Lipinski definition) is 1. The van der Waals surface area contributed by atoms with Crippen molar-refractivity contribution >= 4 is 11.0 Å². The zero-order valence-corrected chi connectivity index (χ0v) is 7.01. The van der Waals surface area contributed by atoms with Crippen LogP contribution in [0.4, 0.5) is 8.78 Å². The number of rotatable bonds is 1. The average molecular weight is 182 g/mol. The molecule has 13 heavy (non-hydrogen) atoms. The topological polar surface area (TPSA) is 28.7 Å². The number of nitrogens with one attached hydrogen (secondary N) is 1. The van der Waals surface area contributed by atoms with Crippen molar-refractivity contribution in [3.8, 4) is 0 Å². The molecule has 0 unspecified atom stereocenters. The Hall–Kier alpha value is -1.45. The number of nitrogens with zero attached hydrogens (tertiary/aromatic N) is 1. The van der Waals surface area contributed by atoms with Crippen molar-refractivity contribution in [3.05, 3.63) is 29.6 Å². The molecule has 0 aromatic carbocycles. The Morgan fingerprint density at radius 2 is 2.23 bits per heavy atom. The monoisotopic (exact) mass is 182 g/mol. The molecule has 2 aromatic rings. The van der Waals surface area contributed by atoms with Crippen molar-refractivity contribution in [2.75, 3.05) is 0 Å². The molecule has 0 aliphatic carbocycles. The molecule has 2 heterocycles. The zero-order chi connectivity index (χ0) is 9.42. The van der Waals surface area contributed by atoms with Gasteiger partial charge in [0.05, 0.1) is 0 Å². The highest BCUT2D eigenvalue weighted by Crippen LogP contribution is 2.29. The Balaban J connectivity index is 2.78. The first-order chi connectivity index (χ1) is 6.20. The molecule has 4 heteroatoms. The molecule has 0 aliphatic heterocycles. The number of aryl methyl sites for hydroxylation is 1. The number of aromatic amines is 1. The van der Waals surface area contributed by atoms with Crippen LogP contribution >= 0.6 is 0 Å². The second-order valence-corrected chi connectivity index (χ2v) is 2.86. The van der Waals surface area contributed by atoms with Crippen LogP contribution in [-0.4, -0.2) is 9.97 Å². The van der Waals surface area contributed by atoms with E-state index in [1.807, 2.05) is 0 Å². The minimum Gasteiger partial charge on any atom is -0.343 e. The summed E-state index contributed by atoms with van der Waals surface area (Å²) < 4.78 is 25.1. The lowest BCUT2D eigenvalue weighted by molar-refractivity contribution is 0.152. The van der Waals surface area contributed by atoms with Crippen LogP contribution in [0.5, 0.6) is 0 Å². The molecule has 0 saturated heterocycles. The van der Waals surface area contributed by atoms with Gasteiger partial charge in [-0.3, -0.25) is 0 Å². The van der Waals surface area contributed by atoms with E-state index in [1.54, 1.807) is 25.3 Å². The normalized spacial score (nSPS) is 11.4. The van der Waals surface area contributed by atoms with Gasteiger partial charge in [-0.15, -0.1) is 0 Å². The lowest BCUT2D eigenvalue weighted by atomic mass is 10.2. The van der Waals surface area contributed by atoms with Gasteiger partial charge in [0, 0.05) is 22.8 Å². The Labute approximate surface area is 73.6 Å². The van der Waals surface area contributed by atoms with E-state index in [4.69, 9.17) is 0 Å². The highest BCUT2D eigenvalue weighted by molar-refractivity contribution is 5.81. The third-order valence-electron chi connectivity index (χ3n) is 2.03. The van der Waals surface area contributed by atoms with Crippen LogP contribution in [0.25, 0.3) is 11.0 Å². The van der Waals surface area contributed by atoms with Crippen LogP contribution in [-0.2, 0) is 0 Å². The second-order valence-electron chi connectivity index (χ2n) is 2.86. The smallest absolute Gasteiger partial charge is 0.266 e. The van der Waals surface area contributed by atoms with E-state index in [1.165, 1.54) is 0 Å². The summed E-state index contributed by atoms with van der Waals surface area (Å²) in [6.45, 7) is 1.63. The maximum atomic E-state index is 12.5. The van der Waals surface area contributed by atoms with Crippen LogP contribution in [0.2, 0.25) is 0 Å². The van der Waals surface area contributed by atoms with Crippen LogP contribution in [0, 0.1) is 6.92 Å². The molecule has 2 aromatic heterocycles. The number of alkyl halides is 2. The number of halogens is 2. The van der Waals surface area contributed by atoms with Crippen molar-refractivity contribution in [1.29, 1.82) is 0 Å². The molecule has 2 nitrogen and oxygen atoms in total. The minimum atomic E-state index is -2.45. The largest absolute Gasteiger partial charge is 0.343 e. The fraction of sp³-hybridized carbons (Fsp3) is 0.222. The Morgan fingerprint density at radius 3 is 2.92 bits per heavy atom. The molecular formula is C9H8F2N2. The average Bonchev–Trinajstić information content (AvgIpc) is 2.39. The summed E-state index contributed by atoms with van der Waals surface area (Å²) in [5, 5.41) is 0.509. The summed E-state index contributed by atoms with van der Waals surface area (Å²) in [5.41, 5.74) is 1.07. The van der Waals surface area contributed by atoms with Crippen molar-refractivity contribution in [2.45, 2.75) is 13.3 Å². The summed E-state index contributed by atoms with van der Waals surface area (Å²) in [7, 11) is 0. The first kappa shape index (κ1) is 8.16.